The van der Waals surface area contributed by atoms with Crippen molar-refractivity contribution in [1.29, 1.82) is 0 Å². The molecule has 0 fully saturated rings. The summed E-state index contributed by atoms with van der Waals surface area (Å²) in [5, 5.41) is 6.47. The summed E-state index contributed by atoms with van der Waals surface area (Å²) in [6.45, 7) is 6.71. The highest BCUT2D eigenvalue weighted by Gasteiger charge is 2.20. The summed E-state index contributed by atoms with van der Waals surface area (Å²) in [7, 11) is 0. The number of rotatable bonds is 8. The third-order valence-corrected chi connectivity index (χ3v) is 4.39. The minimum atomic E-state index is -0.388. The molecule has 2 N–H and O–H groups in total. The monoisotopic (exact) mass is 378 g/mol. The molecule has 0 heterocycles. The molecular weight excluding hydrogens is 355 g/mol. The predicted octanol–water partition coefficient (Wildman–Crippen LogP) is 4.89. The summed E-state index contributed by atoms with van der Waals surface area (Å²) >= 11 is 6.24. The van der Waals surface area contributed by atoms with Crippen LogP contribution in [0.2, 0.25) is 5.02 Å². The Balaban J connectivity index is 1.89. The molecule has 0 bridgehead atoms. The molecule has 0 aromatic heterocycles. The van der Waals surface area contributed by atoms with Gasteiger partial charge in [0.05, 0.1) is 10.6 Å². The van der Waals surface area contributed by atoms with E-state index >= 15 is 0 Å². The Hall–Kier alpha value is -2.27. The number of benzene rings is 2. The highest BCUT2D eigenvalue weighted by Crippen LogP contribution is 2.22. The van der Waals surface area contributed by atoms with Gasteiger partial charge in [0.2, 0.25) is 0 Å². The fourth-order valence-corrected chi connectivity index (χ4v) is 2.46. The van der Waals surface area contributed by atoms with Crippen LogP contribution in [0.15, 0.2) is 42.5 Å². The van der Waals surface area contributed by atoms with Gasteiger partial charge in [-0.05, 0) is 50.6 Å². The molecule has 26 heavy (non-hydrogen) atoms. The van der Waals surface area contributed by atoms with Gasteiger partial charge in [0.15, 0.2) is 11.6 Å². The number of ether oxygens (including phenoxy) is 1. The molecule has 2 aromatic rings. The summed E-state index contributed by atoms with van der Waals surface area (Å²) in [4.78, 5) is 12.3. The molecule has 0 aliphatic rings. The summed E-state index contributed by atoms with van der Waals surface area (Å²) < 4.78 is 18.8. The molecule has 0 unspecified atom stereocenters. The van der Waals surface area contributed by atoms with Crippen molar-refractivity contribution in [2.24, 2.45) is 0 Å². The van der Waals surface area contributed by atoms with Gasteiger partial charge in [-0.1, -0.05) is 30.7 Å². The Morgan fingerprint density at radius 2 is 1.96 bits per heavy atom. The summed E-state index contributed by atoms with van der Waals surface area (Å²) in [6, 6.07) is 11.4. The Bertz CT molecular complexity index is 765. The number of hydrogen-bond acceptors (Lipinski definition) is 3. The molecule has 0 radical (unpaired) electrons. The van der Waals surface area contributed by atoms with E-state index in [1.807, 2.05) is 20.8 Å². The zero-order valence-corrected chi connectivity index (χ0v) is 16.0. The average molecular weight is 379 g/mol. The number of carbonyl (C=O) groups is 1. The third kappa shape index (κ3) is 5.63. The van der Waals surface area contributed by atoms with Crippen LogP contribution in [-0.4, -0.2) is 24.6 Å². The van der Waals surface area contributed by atoms with Gasteiger partial charge in [-0.2, -0.15) is 0 Å². The van der Waals surface area contributed by atoms with E-state index in [2.05, 4.69) is 10.6 Å². The number of halogens is 2. The van der Waals surface area contributed by atoms with Gasteiger partial charge in [0.25, 0.3) is 5.91 Å². The maximum Gasteiger partial charge on any atom is 0.253 e. The zero-order chi connectivity index (χ0) is 19.2. The highest BCUT2D eigenvalue weighted by molar-refractivity contribution is 6.34. The van der Waals surface area contributed by atoms with Crippen LogP contribution in [0.25, 0.3) is 0 Å². The van der Waals surface area contributed by atoms with Crippen LogP contribution in [0.1, 0.15) is 37.6 Å². The van der Waals surface area contributed by atoms with E-state index in [1.165, 1.54) is 6.07 Å². The molecule has 0 atom stereocenters. The maximum atomic E-state index is 13.5. The molecule has 0 saturated carbocycles. The van der Waals surface area contributed by atoms with Gasteiger partial charge in [-0.3, -0.25) is 4.79 Å². The molecule has 0 saturated heterocycles. The Morgan fingerprint density at radius 3 is 2.62 bits per heavy atom. The smallest absolute Gasteiger partial charge is 0.253 e. The Kier molecular flexibility index (Phi) is 6.86. The van der Waals surface area contributed by atoms with E-state index in [4.69, 9.17) is 16.3 Å². The van der Waals surface area contributed by atoms with Crippen LogP contribution in [0.5, 0.6) is 5.75 Å². The topological polar surface area (TPSA) is 50.4 Å². The molecule has 0 spiro atoms. The van der Waals surface area contributed by atoms with Gasteiger partial charge in [-0.25, -0.2) is 4.39 Å². The minimum Gasteiger partial charge on any atom is -0.489 e. The lowest BCUT2D eigenvalue weighted by atomic mass is 10.0. The first kappa shape index (κ1) is 20.0. The van der Waals surface area contributed by atoms with E-state index in [-0.39, 0.29) is 23.0 Å². The van der Waals surface area contributed by atoms with Crippen LogP contribution in [0.4, 0.5) is 10.1 Å². The van der Waals surface area contributed by atoms with Crippen LogP contribution >= 0.6 is 11.6 Å². The SMILES string of the molecule is CCC(C)(C)NC(=O)c1ccc(NCCOc2ccccc2F)cc1Cl. The predicted molar refractivity (Wildman–Crippen MR) is 104 cm³/mol. The van der Waals surface area contributed by atoms with E-state index in [9.17, 15) is 9.18 Å². The summed E-state index contributed by atoms with van der Waals surface area (Å²) in [5.74, 6) is -0.366. The molecular formula is C20H24ClFN2O2. The maximum absolute atomic E-state index is 13.5. The quantitative estimate of drug-likeness (QED) is 0.643. The molecule has 1 amide bonds. The van der Waals surface area contributed by atoms with Crippen LogP contribution in [0.3, 0.4) is 0 Å². The first-order valence-electron chi connectivity index (χ1n) is 8.55. The number of hydrogen-bond donors (Lipinski definition) is 2. The summed E-state index contributed by atoms with van der Waals surface area (Å²) in [5.41, 5.74) is 0.904. The lowest BCUT2D eigenvalue weighted by Gasteiger charge is -2.24. The van der Waals surface area contributed by atoms with Crippen molar-refractivity contribution in [3.63, 3.8) is 0 Å². The number of nitrogens with one attached hydrogen (secondary N) is 2. The Morgan fingerprint density at radius 1 is 1.23 bits per heavy atom. The second-order valence-corrected chi connectivity index (χ2v) is 7.00. The van der Waals surface area contributed by atoms with Crippen LogP contribution < -0.4 is 15.4 Å². The normalized spacial score (nSPS) is 11.1. The molecule has 140 valence electrons. The second kappa shape index (κ2) is 8.90. The van der Waals surface area contributed by atoms with E-state index in [0.717, 1.165) is 12.1 Å². The summed E-state index contributed by atoms with van der Waals surface area (Å²) in [6.07, 6.45) is 0.817. The van der Waals surface area contributed by atoms with E-state index in [0.29, 0.717) is 23.7 Å². The van der Waals surface area contributed by atoms with Crippen LogP contribution in [0, 0.1) is 5.82 Å². The number of carbonyl (C=O) groups excluding carboxylic acids is 1. The largest absolute Gasteiger partial charge is 0.489 e. The molecule has 2 aromatic carbocycles. The molecule has 6 heteroatoms. The second-order valence-electron chi connectivity index (χ2n) is 6.59. The molecule has 0 aliphatic heterocycles. The fourth-order valence-electron chi connectivity index (χ4n) is 2.19. The first-order chi connectivity index (χ1) is 12.3. The molecule has 0 aliphatic carbocycles. The van der Waals surface area contributed by atoms with Crippen molar-refractivity contribution in [1.82, 2.24) is 5.32 Å². The van der Waals surface area contributed by atoms with Gasteiger partial charge in [0, 0.05) is 17.8 Å². The van der Waals surface area contributed by atoms with Crippen molar-refractivity contribution in [3.05, 3.63) is 58.9 Å². The number of anilines is 1. The average Bonchev–Trinajstić information content (AvgIpc) is 2.59. The van der Waals surface area contributed by atoms with Crippen molar-refractivity contribution in [2.45, 2.75) is 32.7 Å². The lowest BCUT2D eigenvalue weighted by molar-refractivity contribution is 0.0911. The van der Waals surface area contributed by atoms with Crippen molar-refractivity contribution in [3.8, 4) is 5.75 Å². The van der Waals surface area contributed by atoms with Crippen LogP contribution in [-0.2, 0) is 0 Å². The first-order valence-corrected chi connectivity index (χ1v) is 8.93. The Labute approximate surface area is 158 Å². The van der Waals surface area contributed by atoms with Gasteiger partial charge < -0.3 is 15.4 Å². The van der Waals surface area contributed by atoms with Crippen molar-refractivity contribution in [2.75, 3.05) is 18.5 Å². The third-order valence-electron chi connectivity index (χ3n) is 4.07. The number of amides is 1. The standard InChI is InChI=1S/C20H24ClFN2O2/c1-4-20(2,3)24-19(25)15-10-9-14(13-16(15)21)23-11-12-26-18-8-6-5-7-17(18)22/h5-10,13,23H,4,11-12H2,1-3H3,(H,24,25). The zero-order valence-electron chi connectivity index (χ0n) is 15.2. The van der Waals surface area contributed by atoms with E-state index < -0.39 is 0 Å². The minimum absolute atomic E-state index is 0.198. The van der Waals surface area contributed by atoms with Gasteiger partial charge >= 0.3 is 0 Å². The fraction of sp³-hybridized carbons (Fsp3) is 0.350. The molecule has 4 nitrogen and oxygen atoms in total. The van der Waals surface area contributed by atoms with E-state index in [1.54, 1.807) is 36.4 Å². The highest BCUT2D eigenvalue weighted by atomic mass is 35.5. The number of para-hydroxylation sites is 1. The van der Waals surface area contributed by atoms with Gasteiger partial charge in [-0.15, -0.1) is 0 Å². The lowest BCUT2D eigenvalue weighted by Crippen LogP contribution is -2.42. The molecule has 2 rings (SSSR count). The van der Waals surface area contributed by atoms with Crippen molar-refractivity contribution < 1.29 is 13.9 Å². The van der Waals surface area contributed by atoms with Crippen molar-refractivity contribution >= 4 is 23.2 Å². The van der Waals surface area contributed by atoms with Gasteiger partial charge in [0.1, 0.15) is 6.61 Å².